The topological polar surface area (TPSA) is 173 Å². The van der Waals surface area contributed by atoms with E-state index in [0.29, 0.717) is 73.0 Å². The standard InChI is InChI=1S/C35H51N9O5/c36-30(29-3-1-2-4-32(29)46)19-31-35(37)38-20-26-22-42(13-14-44(26)31)25-7-11-41(21-25)24-5-9-40(10-6-24)15-16-48-33-17-28(49-39-33)18-34(47)43-12-8-27(45)23-43/h1-4,17,19,24-27,38,45-46H,5-16,18,20-23,36-37H2/b30-19-/t25?,26-,27+/m0/s1. The van der Waals surface area contributed by atoms with E-state index in [1.54, 1.807) is 23.1 Å². The number of benzene rings is 1. The van der Waals surface area contributed by atoms with Crippen molar-refractivity contribution in [3.63, 3.8) is 0 Å². The van der Waals surface area contributed by atoms with E-state index in [1.807, 2.05) is 18.2 Å². The maximum absolute atomic E-state index is 12.4. The Labute approximate surface area is 287 Å². The number of phenolic OH excluding ortho intramolecular Hbond substituents is 1. The molecule has 0 aliphatic carbocycles. The molecule has 2 aromatic rings. The summed E-state index contributed by atoms with van der Waals surface area (Å²) in [4.78, 5) is 24.3. The van der Waals surface area contributed by atoms with Crippen LogP contribution in [0.15, 0.2) is 52.4 Å². The number of nitrogens with zero attached hydrogens (tertiary/aromatic N) is 6. The monoisotopic (exact) mass is 677 g/mol. The highest BCUT2D eigenvalue weighted by Crippen LogP contribution is 2.30. The molecule has 14 heteroatoms. The average molecular weight is 678 g/mol. The molecule has 7 rings (SSSR count). The van der Waals surface area contributed by atoms with Crippen LogP contribution in [-0.2, 0) is 11.2 Å². The largest absolute Gasteiger partial charge is 0.507 e. The first-order valence-electron chi connectivity index (χ1n) is 17.8. The number of para-hydroxylation sites is 1. The maximum atomic E-state index is 12.4. The summed E-state index contributed by atoms with van der Waals surface area (Å²) in [5.74, 6) is 1.63. The summed E-state index contributed by atoms with van der Waals surface area (Å²) in [5.41, 5.74) is 14.9. The molecule has 14 nitrogen and oxygen atoms in total. The third-order valence-electron chi connectivity index (χ3n) is 11.0. The lowest BCUT2D eigenvalue weighted by Crippen LogP contribution is -2.61. The molecule has 4 saturated heterocycles. The molecule has 0 bridgehead atoms. The van der Waals surface area contributed by atoms with E-state index >= 15 is 0 Å². The number of phenols is 1. The number of hydrogen-bond donors (Lipinski definition) is 5. The molecule has 1 unspecified atom stereocenters. The normalized spacial score (nSPS) is 26.3. The Kier molecular flexibility index (Phi) is 10.2. The molecule has 1 aromatic heterocycles. The lowest BCUT2D eigenvalue weighted by atomic mass is 10.0. The molecule has 0 saturated carbocycles. The van der Waals surface area contributed by atoms with Crippen molar-refractivity contribution in [3.05, 3.63) is 59.2 Å². The van der Waals surface area contributed by atoms with Crippen molar-refractivity contribution in [2.24, 2.45) is 11.5 Å². The van der Waals surface area contributed by atoms with Gasteiger partial charge in [-0.25, -0.2) is 0 Å². The Morgan fingerprint density at radius 3 is 2.57 bits per heavy atom. The van der Waals surface area contributed by atoms with E-state index < -0.39 is 6.10 Å². The van der Waals surface area contributed by atoms with Crippen LogP contribution in [0.25, 0.3) is 5.70 Å². The fourth-order valence-electron chi connectivity index (χ4n) is 8.14. The molecule has 3 atom stereocenters. The lowest BCUT2D eigenvalue weighted by Gasteiger charge is -2.48. The number of amides is 1. The number of likely N-dealkylation sites (tertiary alicyclic amines) is 3. The van der Waals surface area contributed by atoms with Gasteiger partial charge in [-0.05, 0) is 62.1 Å². The van der Waals surface area contributed by atoms with Crippen molar-refractivity contribution in [1.29, 1.82) is 0 Å². The number of fused-ring (bicyclic) bond motifs is 1. The SMILES string of the molecule is NC1=C(/C=C(\N)c2ccccc2O)N2CCN(C3CCN(C4CCN(CCOc5cc(CC(=O)N6CC[C@@H](O)C6)on5)CC4)C3)C[C@@H]2CN1. The third-order valence-corrected chi connectivity index (χ3v) is 11.0. The Morgan fingerprint density at radius 1 is 1.00 bits per heavy atom. The van der Waals surface area contributed by atoms with Gasteiger partial charge >= 0.3 is 0 Å². The number of nitrogens with two attached hydrogens (primary N) is 2. The quantitative estimate of drug-likeness (QED) is 0.230. The second-order valence-electron chi connectivity index (χ2n) is 14.1. The van der Waals surface area contributed by atoms with E-state index in [2.05, 4.69) is 30.1 Å². The summed E-state index contributed by atoms with van der Waals surface area (Å²) in [6.07, 6.45) is 5.73. The van der Waals surface area contributed by atoms with E-state index in [-0.39, 0.29) is 18.1 Å². The van der Waals surface area contributed by atoms with Crippen LogP contribution in [0.3, 0.4) is 0 Å². The zero-order valence-corrected chi connectivity index (χ0v) is 28.3. The summed E-state index contributed by atoms with van der Waals surface area (Å²) in [7, 11) is 0. The Morgan fingerprint density at radius 2 is 1.78 bits per heavy atom. The van der Waals surface area contributed by atoms with Gasteiger partial charge in [0.05, 0.1) is 24.3 Å². The van der Waals surface area contributed by atoms with Crippen molar-refractivity contribution >= 4 is 11.6 Å². The van der Waals surface area contributed by atoms with Gasteiger partial charge in [0.1, 0.15) is 23.9 Å². The summed E-state index contributed by atoms with van der Waals surface area (Å²) < 4.78 is 11.2. The molecule has 1 amide bonds. The van der Waals surface area contributed by atoms with E-state index in [9.17, 15) is 15.0 Å². The third kappa shape index (κ3) is 7.77. The van der Waals surface area contributed by atoms with Gasteiger partial charge in [-0.3, -0.25) is 19.5 Å². The highest BCUT2D eigenvalue weighted by Gasteiger charge is 2.38. The molecular weight excluding hydrogens is 626 g/mol. The minimum absolute atomic E-state index is 0.0610. The fraction of sp³-hybridized carbons (Fsp3) is 0.600. The van der Waals surface area contributed by atoms with Gasteiger partial charge in [0.15, 0.2) is 0 Å². The van der Waals surface area contributed by atoms with Crippen LogP contribution in [-0.4, -0.2) is 149 Å². The van der Waals surface area contributed by atoms with E-state index in [4.69, 9.17) is 20.7 Å². The molecule has 6 heterocycles. The number of allylic oxidation sites excluding steroid dienone is 1. The predicted octanol–water partition coefficient (Wildman–Crippen LogP) is 0.150. The average Bonchev–Trinajstić information content (AvgIpc) is 3.88. The van der Waals surface area contributed by atoms with Crippen molar-refractivity contribution in [2.45, 2.75) is 56.3 Å². The number of carbonyl (C=O) groups is 1. The minimum atomic E-state index is -0.433. The number of aliphatic hydroxyl groups is 1. The molecule has 1 aromatic carbocycles. The number of rotatable bonds is 10. The number of carbonyl (C=O) groups excluding carboxylic acids is 1. The van der Waals surface area contributed by atoms with Gasteiger partial charge in [-0.1, -0.05) is 12.1 Å². The Balaban J connectivity index is 0.827. The highest BCUT2D eigenvalue weighted by atomic mass is 16.5. The van der Waals surface area contributed by atoms with Gasteiger partial charge in [0.2, 0.25) is 5.91 Å². The van der Waals surface area contributed by atoms with Gasteiger partial charge in [0.25, 0.3) is 5.88 Å². The number of nitrogens with one attached hydrogen (secondary N) is 1. The van der Waals surface area contributed by atoms with E-state index in [1.165, 1.54) is 6.42 Å². The van der Waals surface area contributed by atoms with Crippen LogP contribution in [0.1, 0.15) is 37.0 Å². The number of piperazine rings is 1. The molecule has 4 fully saturated rings. The highest BCUT2D eigenvalue weighted by molar-refractivity contribution is 5.78. The number of aromatic nitrogens is 1. The minimum Gasteiger partial charge on any atom is -0.507 e. The van der Waals surface area contributed by atoms with Gasteiger partial charge in [-0.15, -0.1) is 0 Å². The molecule has 0 radical (unpaired) electrons. The zero-order valence-electron chi connectivity index (χ0n) is 28.3. The fourth-order valence-corrected chi connectivity index (χ4v) is 8.14. The molecule has 7 N–H and O–H groups in total. The Bertz CT molecular complexity index is 1520. The van der Waals surface area contributed by atoms with Gasteiger partial charge in [-0.2, -0.15) is 0 Å². The molecule has 0 spiro atoms. The lowest BCUT2D eigenvalue weighted by molar-refractivity contribution is -0.130. The van der Waals surface area contributed by atoms with Crippen LogP contribution in [0.2, 0.25) is 0 Å². The van der Waals surface area contributed by atoms with Crippen LogP contribution < -0.4 is 21.5 Å². The van der Waals surface area contributed by atoms with Crippen LogP contribution in [0.4, 0.5) is 0 Å². The zero-order chi connectivity index (χ0) is 33.9. The first-order chi connectivity index (χ1) is 23.8. The van der Waals surface area contributed by atoms with E-state index in [0.717, 1.165) is 77.4 Å². The van der Waals surface area contributed by atoms with Crippen molar-refractivity contribution < 1.29 is 24.3 Å². The molecule has 266 valence electrons. The number of hydrogen-bond acceptors (Lipinski definition) is 13. The molecule has 49 heavy (non-hydrogen) atoms. The van der Waals surface area contributed by atoms with Crippen LogP contribution in [0.5, 0.6) is 11.6 Å². The second kappa shape index (κ2) is 14.9. The van der Waals surface area contributed by atoms with Crippen molar-refractivity contribution in [1.82, 2.24) is 35.0 Å². The van der Waals surface area contributed by atoms with Gasteiger partial charge in [0, 0.05) is 88.3 Å². The maximum Gasteiger partial charge on any atom is 0.254 e. The molecular formula is C35H51N9O5. The number of β-amino-alcohol motifs (C(OH)–C–C–N with tert-alkyl or cyclic N) is 1. The number of ether oxygens (including phenoxy) is 1. The van der Waals surface area contributed by atoms with Crippen LogP contribution >= 0.6 is 0 Å². The number of piperidine rings is 1. The van der Waals surface area contributed by atoms with Crippen molar-refractivity contribution in [2.75, 3.05) is 78.6 Å². The second-order valence-corrected chi connectivity index (χ2v) is 14.1. The molecule has 5 aliphatic heterocycles. The Hall–Kier alpha value is -3.98. The summed E-state index contributed by atoms with van der Waals surface area (Å²) >= 11 is 0. The van der Waals surface area contributed by atoms with Crippen molar-refractivity contribution in [3.8, 4) is 11.6 Å². The van der Waals surface area contributed by atoms with Crippen LogP contribution in [0, 0.1) is 0 Å². The number of aromatic hydroxyl groups is 1. The first-order valence-corrected chi connectivity index (χ1v) is 17.8. The van der Waals surface area contributed by atoms with Gasteiger partial charge < -0.3 is 46.1 Å². The first kappa shape index (κ1) is 33.5. The predicted molar refractivity (Wildman–Crippen MR) is 184 cm³/mol. The molecule has 5 aliphatic rings. The number of aliphatic hydroxyl groups excluding tert-OH is 1. The summed E-state index contributed by atoms with van der Waals surface area (Å²) in [6, 6.07) is 10.3. The smallest absolute Gasteiger partial charge is 0.254 e. The summed E-state index contributed by atoms with van der Waals surface area (Å²) in [5, 5.41) is 27.3. The summed E-state index contributed by atoms with van der Waals surface area (Å²) in [6.45, 7) is 10.3.